The van der Waals surface area contributed by atoms with Gasteiger partial charge < -0.3 is 9.15 Å². The molecule has 0 spiro atoms. The van der Waals surface area contributed by atoms with Crippen molar-refractivity contribution >= 4 is 23.6 Å². The summed E-state index contributed by atoms with van der Waals surface area (Å²) in [6.07, 6.45) is 0.477. The fourth-order valence-corrected chi connectivity index (χ4v) is 3.06. The van der Waals surface area contributed by atoms with Gasteiger partial charge in [-0.3, -0.25) is 20.4 Å². The molecule has 0 radical (unpaired) electrons. The fourth-order valence-electron chi connectivity index (χ4n) is 2.36. The molecule has 150 valence electrons. The highest BCUT2D eigenvalue weighted by molar-refractivity contribution is 8.00. The van der Waals surface area contributed by atoms with Crippen LogP contribution in [0.25, 0.3) is 0 Å². The average molecular weight is 412 g/mol. The molecule has 2 aromatic carbocycles. The monoisotopic (exact) mass is 412 g/mol. The molecular weight excluding hydrogens is 392 g/mol. The average Bonchev–Trinajstić information content (AvgIpc) is 3.19. The third-order valence-corrected chi connectivity index (χ3v) is 4.88. The molecule has 0 saturated carbocycles. The minimum atomic E-state index is -0.541. The van der Waals surface area contributed by atoms with Gasteiger partial charge in [-0.25, -0.2) is 0 Å². The molecule has 0 aliphatic heterocycles. The van der Waals surface area contributed by atoms with Crippen LogP contribution in [-0.2, 0) is 11.2 Å². The Morgan fingerprint density at radius 2 is 1.79 bits per heavy atom. The standard InChI is InChI=1S/C20H20N4O4S/c1-13(18(25)22-23-19(26)15-6-4-3-5-7-15)29-20-24-21-17(28-20)12-14-8-10-16(27-2)11-9-14/h3-11,13H,12H2,1-2H3,(H,22,25)(H,23,26)/t13-/m0/s1. The zero-order valence-electron chi connectivity index (χ0n) is 15.9. The molecule has 1 atom stereocenters. The molecule has 0 fully saturated rings. The molecule has 3 aromatic rings. The topological polar surface area (TPSA) is 106 Å². The van der Waals surface area contributed by atoms with Crippen LogP contribution in [0.2, 0.25) is 0 Å². The second kappa shape index (κ2) is 9.74. The molecule has 3 rings (SSSR count). The second-order valence-electron chi connectivity index (χ2n) is 6.06. The van der Waals surface area contributed by atoms with Crippen molar-refractivity contribution in [2.24, 2.45) is 0 Å². The minimum absolute atomic E-state index is 0.283. The van der Waals surface area contributed by atoms with Gasteiger partial charge in [0.15, 0.2) is 0 Å². The molecule has 0 aliphatic carbocycles. The van der Waals surface area contributed by atoms with E-state index in [9.17, 15) is 9.59 Å². The number of thioether (sulfide) groups is 1. The lowest BCUT2D eigenvalue weighted by Crippen LogP contribution is -2.44. The van der Waals surface area contributed by atoms with Crippen LogP contribution in [0.4, 0.5) is 0 Å². The number of benzene rings is 2. The summed E-state index contributed by atoms with van der Waals surface area (Å²) in [5.41, 5.74) is 6.23. The van der Waals surface area contributed by atoms with Gasteiger partial charge in [0.25, 0.3) is 17.0 Å². The molecule has 0 saturated heterocycles. The number of rotatable bonds is 7. The zero-order chi connectivity index (χ0) is 20.6. The summed E-state index contributed by atoms with van der Waals surface area (Å²) in [5, 5.41) is 7.72. The van der Waals surface area contributed by atoms with Crippen molar-refractivity contribution in [3.63, 3.8) is 0 Å². The summed E-state index contributed by atoms with van der Waals surface area (Å²) in [6.45, 7) is 1.68. The summed E-state index contributed by atoms with van der Waals surface area (Å²) in [6, 6.07) is 16.2. The van der Waals surface area contributed by atoms with Crippen LogP contribution in [0, 0.1) is 0 Å². The number of hydrogen-bond acceptors (Lipinski definition) is 7. The van der Waals surface area contributed by atoms with Gasteiger partial charge in [-0.15, -0.1) is 10.2 Å². The van der Waals surface area contributed by atoms with E-state index in [-0.39, 0.29) is 11.1 Å². The Labute approximate surface area is 172 Å². The Balaban J connectivity index is 1.49. The van der Waals surface area contributed by atoms with Crippen molar-refractivity contribution in [1.82, 2.24) is 21.0 Å². The van der Waals surface area contributed by atoms with Gasteiger partial charge in [0.2, 0.25) is 5.89 Å². The Kier molecular flexibility index (Phi) is 6.85. The van der Waals surface area contributed by atoms with Gasteiger partial charge in [0, 0.05) is 5.56 Å². The number of aromatic nitrogens is 2. The normalized spacial score (nSPS) is 11.5. The molecular formula is C20H20N4O4S. The van der Waals surface area contributed by atoms with Crippen molar-refractivity contribution in [2.75, 3.05) is 7.11 Å². The SMILES string of the molecule is COc1ccc(Cc2nnc(S[C@@H](C)C(=O)NNC(=O)c3ccccc3)o2)cc1. The lowest BCUT2D eigenvalue weighted by Gasteiger charge is -2.10. The summed E-state index contributed by atoms with van der Waals surface area (Å²) in [4.78, 5) is 24.2. The number of hydrazine groups is 1. The smallest absolute Gasteiger partial charge is 0.277 e. The second-order valence-corrected chi connectivity index (χ2v) is 7.35. The molecule has 0 aliphatic rings. The lowest BCUT2D eigenvalue weighted by molar-refractivity contribution is -0.121. The quantitative estimate of drug-likeness (QED) is 0.454. The molecule has 0 unspecified atom stereocenters. The number of amides is 2. The van der Waals surface area contributed by atoms with Crippen molar-refractivity contribution in [3.05, 3.63) is 71.6 Å². The maximum Gasteiger partial charge on any atom is 0.277 e. The predicted molar refractivity (Wildman–Crippen MR) is 107 cm³/mol. The summed E-state index contributed by atoms with van der Waals surface area (Å²) in [7, 11) is 1.61. The first-order valence-electron chi connectivity index (χ1n) is 8.82. The first-order valence-corrected chi connectivity index (χ1v) is 9.70. The lowest BCUT2D eigenvalue weighted by atomic mass is 10.1. The van der Waals surface area contributed by atoms with Gasteiger partial charge in [-0.1, -0.05) is 42.1 Å². The summed E-state index contributed by atoms with van der Waals surface area (Å²) < 4.78 is 10.7. The Morgan fingerprint density at radius 3 is 2.48 bits per heavy atom. The van der Waals surface area contributed by atoms with Crippen LogP contribution >= 0.6 is 11.8 Å². The number of methoxy groups -OCH3 is 1. The van der Waals surface area contributed by atoms with E-state index < -0.39 is 11.2 Å². The van der Waals surface area contributed by atoms with Crippen molar-refractivity contribution in [3.8, 4) is 5.75 Å². The number of carbonyl (C=O) groups is 2. The highest BCUT2D eigenvalue weighted by Crippen LogP contribution is 2.23. The maximum absolute atomic E-state index is 12.2. The van der Waals surface area contributed by atoms with E-state index in [4.69, 9.17) is 9.15 Å². The van der Waals surface area contributed by atoms with E-state index in [2.05, 4.69) is 21.0 Å². The van der Waals surface area contributed by atoms with Crippen LogP contribution < -0.4 is 15.6 Å². The third-order valence-electron chi connectivity index (χ3n) is 3.94. The van der Waals surface area contributed by atoms with Crippen molar-refractivity contribution in [2.45, 2.75) is 23.8 Å². The van der Waals surface area contributed by atoms with E-state index in [1.807, 2.05) is 24.3 Å². The molecule has 2 N–H and O–H groups in total. The summed E-state index contributed by atoms with van der Waals surface area (Å²) in [5.74, 6) is 0.447. The van der Waals surface area contributed by atoms with E-state index >= 15 is 0 Å². The van der Waals surface area contributed by atoms with E-state index in [0.29, 0.717) is 17.9 Å². The molecule has 8 nitrogen and oxygen atoms in total. The highest BCUT2D eigenvalue weighted by atomic mass is 32.2. The highest BCUT2D eigenvalue weighted by Gasteiger charge is 2.19. The largest absolute Gasteiger partial charge is 0.497 e. The Morgan fingerprint density at radius 1 is 1.07 bits per heavy atom. The van der Waals surface area contributed by atoms with Gasteiger partial charge in [-0.05, 0) is 36.8 Å². The Hall–Kier alpha value is -3.33. The minimum Gasteiger partial charge on any atom is -0.497 e. The Bertz CT molecular complexity index is 960. The first kappa shape index (κ1) is 20.4. The number of carbonyl (C=O) groups excluding carboxylic acids is 2. The van der Waals surface area contributed by atoms with E-state index in [0.717, 1.165) is 23.1 Å². The van der Waals surface area contributed by atoms with Crippen LogP contribution in [0.15, 0.2) is 64.2 Å². The number of nitrogens with one attached hydrogen (secondary N) is 2. The summed E-state index contributed by atoms with van der Waals surface area (Å²) >= 11 is 1.11. The van der Waals surface area contributed by atoms with Gasteiger partial charge in [0.05, 0.1) is 18.8 Å². The fraction of sp³-hybridized carbons (Fsp3) is 0.200. The van der Waals surface area contributed by atoms with Gasteiger partial charge in [-0.2, -0.15) is 0 Å². The van der Waals surface area contributed by atoms with Crippen molar-refractivity contribution in [1.29, 1.82) is 0 Å². The first-order chi connectivity index (χ1) is 14.0. The van der Waals surface area contributed by atoms with E-state index in [1.54, 1.807) is 44.4 Å². The van der Waals surface area contributed by atoms with Crippen molar-refractivity contribution < 1.29 is 18.7 Å². The van der Waals surface area contributed by atoms with Gasteiger partial charge in [0.1, 0.15) is 5.75 Å². The molecule has 0 bridgehead atoms. The molecule has 2 amide bonds. The number of ether oxygens (including phenoxy) is 1. The van der Waals surface area contributed by atoms with E-state index in [1.165, 1.54) is 0 Å². The van der Waals surface area contributed by atoms with Gasteiger partial charge >= 0.3 is 0 Å². The van der Waals surface area contributed by atoms with Crippen LogP contribution in [0.5, 0.6) is 5.75 Å². The molecule has 9 heteroatoms. The van der Waals surface area contributed by atoms with Crippen LogP contribution in [0.1, 0.15) is 28.7 Å². The molecule has 29 heavy (non-hydrogen) atoms. The maximum atomic E-state index is 12.2. The third kappa shape index (κ3) is 5.82. The number of nitrogens with zero attached hydrogens (tertiary/aromatic N) is 2. The molecule has 1 aromatic heterocycles. The predicted octanol–water partition coefficient (Wildman–Crippen LogP) is 2.61. The molecule has 1 heterocycles. The van der Waals surface area contributed by atoms with Crippen LogP contribution in [0.3, 0.4) is 0 Å². The zero-order valence-corrected chi connectivity index (χ0v) is 16.7. The van der Waals surface area contributed by atoms with Crippen LogP contribution in [-0.4, -0.2) is 34.4 Å². The number of hydrogen-bond donors (Lipinski definition) is 2.